The van der Waals surface area contributed by atoms with Gasteiger partial charge in [0, 0.05) is 17.8 Å². The van der Waals surface area contributed by atoms with E-state index in [9.17, 15) is 19.8 Å². The third-order valence-corrected chi connectivity index (χ3v) is 8.33. The molecule has 0 heterocycles. The molecule has 0 aromatic heterocycles. The van der Waals surface area contributed by atoms with Crippen LogP contribution in [0, 0.1) is 34.5 Å². The highest BCUT2D eigenvalue weighted by Gasteiger charge is 2.63. The molecular weight excluding hydrogens is 304 g/mol. The summed E-state index contributed by atoms with van der Waals surface area (Å²) in [5.41, 5.74) is -0.674. The second kappa shape index (κ2) is 5.38. The smallest absolute Gasteiger partial charge is 0.167 e. The summed E-state index contributed by atoms with van der Waals surface area (Å²) in [6.45, 7) is 4.19. The molecule has 0 aliphatic heterocycles. The quantitative estimate of drug-likeness (QED) is 0.714. The molecule has 4 aliphatic rings. The molecule has 24 heavy (non-hydrogen) atoms. The van der Waals surface area contributed by atoms with Crippen LogP contribution >= 0.6 is 0 Å². The molecule has 4 fully saturated rings. The Labute approximate surface area is 144 Å². The van der Waals surface area contributed by atoms with Gasteiger partial charge in [0.1, 0.15) is 11.9 Å². The predicted molar refractivity (Wildman–Crippen MR) is 89.1 cm³/mol. The second-order valence-electron chi connectivity index (χ2n) is 9.47. The Hall–Kier alpha value is -0.740. The molecule has 0 aromatic carbocycles. The molecule has 8 unspecified atom stereocenters. The Morgan fingerprint density at radius 2 is 1.75 bits per heavy atom. The van der Waals surface area contributed by atoms with E-state index < -0.39 is 11.5 Å². The van der Waals surface area contributed by atoms with Gasteiger partial charge < -0.3 is 10.2 Å². The molecule has 4 heteroatoms. The molecule has 134 valence electrons. The largest absolute Gasteiger partial charge is 0.393 e. The van der Waals surface area contributed by atoms with Gasteiger partial charge in [-0.15, -0.1) is 0 Å². The lowest BCUT2D eigenvalue weighted by molar-refractivity contribution is -0.176. The van der Waals surface area contributed by atoms with Crippen LogP contribution < -0.4 is 0 Å². The molecule has 0 aromatic rings. The third-order valence-electron chi connectivity index (χ3n) is 8.33. The van der Waals surface area contributed by atoms with Crippen molar-refractivity contribution in [1.29, 1.82) is 0 Å². The Morgan fingerprint density at radius 3 is 2.50 bits per heavy atom. The molecule has 4 rings (SSSR count). The fourth-order valence-electron chi connectivity index (χ4n) is 7.07. The van der Waals surface area contributed by atoms with Crippen LogP contribution in [0.4, 0.5) is 0 Å². The van der Waals surface area contributed by atoms with Gasteiger partial charge >= 0.3 is 0 Å². The van der Waals surface area contributed by atoms with Crippen molar-refractivity contribution in [2.24, 2.45) is 34.5 Å². The summed E-state index contributed by atoms with van der Waals surface area (Å²) >= 11 is 0. The number of rotatable bonds is 0. The summed E-state index contributed by atoms with van der Waals surface area (Å²) < 4.78 is 0. The minimum atomic E-state index is -0.882. The van der Waals surface area contributed by atoms with Crippen LogP contribution in [0.3, 0.4) is 0 Å². The van der Waals surface area contributed by atoms with E-state index in [4.69, 9.17) is 0 Å². The standard InChI is InChI=1S/C20H30O4/c1-19-8-7-12(21)9-11(19)3-4-13-14-5-6-15(22)18(24)20(14,2)10-16(23)17(13)19/h11-15,17,21-22H,3-10H2,1-2H3. The number of Topliss-reactive ketones (excluding diaryl/α,β-unsaturated/α-hetero) is 2. The zero-order valence-electron chi connectivity index (χ0n) is 14.8. The maximum Gasteiger partial charge on any atom is 0.167 e. The van der Waals surface area contributed by atoms with E-state index in [1.54, 1.807) is 0 Å². The van der Waals surface area contributed by atoms with Crippen LogP contribution in [0.5, 0.6) is 0 Å². The minimum Gasteiger partial charge on any atom is -0.393 e. The average Bonchev–Trinajstić information content (AvgIpc) is 2.52. The summed E-state index contributed by atoms with van der Waals surface area (Å²) in [4.78, 5) is 25.9. The number of aliphatic hydroxyl groups is 2. The van der Waals surface area contributed by atoms with E-state index in [0.29, 0.717) is 18.8 Å². The first-order chi connectivity index (χ1) is 11.3. The number of carbonyl (C=O) groups excluding carboxylic acids is 2. The van der Waals surface area contributed by atoms with Gasteiger partial charge in [-0.1, -0.05) is 13.8 Å². The molecule has 0 radical (unpaired) electrons. The van der Waals surface area contributed by atoms with Crippen molar-refractivity contribution in [2.45, 2.75) is 77.4 Å². The van der Waals surface area contributed by atoms with Crippen molar-refractivity contribution in [2.75, 3.05) is 0 Å². The Bertz CT molecular complexity index is 572. The minimum absolute atomic E-state index is 0.0142. The monoisotopic (exact) mass is 334 g/mol. The van der Waals surface area contributed by atoms with Crippen LogP contribution in [0.2, 0.25) is 0 Å². The Kier molecular flexibility index (Phi) is 3.74. The van der Waals surface area contributed by atoms with E-state index in [0.717, 1.165) is 38.5 Å². The summed E-state index contributed by atoms with van der Waals surface area (Å²) in [5.74, 6) is 1.14. The van der Waals surface area contributed by atoms with Crippen LogP contribution in [-0.4, -0.2) is 34.0 Å². The first kappa shape index (κ1) is 16.7. The lowest BCUT2D eigenvalue weighted by Crippen LogP contribution is -2.61. The van der Waals surface area contributed by atoms with E-state index >= 15 is 0 Å². The first-order valence-electron chi connectivity index (χ1n) is 9.70. The van der Waals surface area contributed by atoms with Crippen LogP contribution in [0.25, 0.3) is 0 Å². The molecule has 0 bridgehead atoms. The van der Waals surface area contributed by atoms with Crippen molar-refractivity contribution in [3.05, 3.63) is 0 Å². The second-order valence-corrected chi connectivity index (χ2v) is 9.47. The number of ketones is 2. The highest BCUT2D eigenvalue weighted by Crippen LogP contribution is 2.63. The van der Waals surface area contributed by atoms with Crippen molar-refractivity contribution in [3.8, 4) is 0 Å². The topological polar surface area (TPSA) is 74.6 Å². The molecule has 2 N–H and O–H groups in total. The maximum atomic E-state index is 13.2. The molecule has 0 saturated heterocycles. The number of carbonyl (C=O) groups is 2. The molecule has 8 atom stereocenters. The number of hydrogen-bond donors (Lipinski definition) is 2. The van der Waals surface area contributed by atoms with Crippen molar-refractivity contribution < 1.29 is 19.8 Å². The van der Waals surface area contributed by atoms with Gasteiger partial charge in [0.25, 0.3) is 0 Å². The molecule has 4 saturated carbocycles. The van der Waals surface area contributed by atoms with Gasteiger partial charge in [-0.25, -0.2) is 0 Å². The fraction of sp³-hybridized carbons (Fsp3) is 0.900. The van der Waals surface area contributed by atoms with Crippen LogP contribution in [0.15, 0.2) is 0 Å². The molecule has 0 amide bonds. The maximum absolute atomic E-state index is 13.2. The first-order valence-corrected chi connectivity index (χ1v) is 9.70. The summed E-state index contributed by atoms with van der Waals surface area (Å²) in [6, 6.07) is 0. The summed E-state index contributed by atoms with van der Waals surface area (Å²) in [5, 5.41) is 20.1. The Morgan fingerprint density at radius 1 is 1.00 bits per heavy atom. The highest BCUT2D eigenvalue weighted by molar-refractivity contribution is 5.96. The van der Waals surface area contributed by atoms with Crippen molar-refractivity contribution in [1.82, 2.24) is 0 Å². The number of fused-ring (bicyclic) bond motifs is 5. The van der Waals surface area contributed by atoms with Crippen molar-refractivity contribution in [3.63, 3.8) is 0 Å². The Balaban J connectivity index is 1.70. The van der Waals surface area contributed by atoms with E-state index in [2.05, 4.69) is 6.92 Å². The zero-order valence-corrected chi connectivity index (χ0v) is 14.8. The number of aliphatic hydroxyl groups excluding tert-OH is 2. The molecule has 0 spiro atoms. The highest BCUT2D eigenvalue weighted by atomic mass is 16.3. The van der Waals surface area contributed by atoms with Gasteiger partial charge in [-0.2, -0.15) is 0 Å². The van der Waals surface area contributed by atoms with Gasteiger partial charge in [-0.3, -0.25) is 9.59 Å². The van der Waals surface area contributed by atoms with Gasteiger partial charge in [0.2, 0.25) is 0 Å². The predicted octanol–water partition coefficient (Wildman–Crippen LogP) is 2.50. The summed E-state index contributed by atoms with van der Waals surface area (Å²) in [6.07, 6.45) is 5.22. The zero-order chi connectivity index (χ0) is 17.3. The third kappa shape index (κ3) is 2.11. The van der Waals surface area contributed by atoms with E-state index in [-0.39, 0.29) is 40.8 Å². The lowest BCUT2D eigenvalue weighted by atomic mass is 9.42. The van der Waals surface area contributed by atoms with Gasteiger partial charge in [0.15, 0.2) is 5.78 Å². The lowest BCUT2D eigenvalue weighted by Gasteiger charge is -2.61. The van der Waals surface area contributed by atoms with E-state index in [1.165, 1.54) is 0 Å². The van der Waals surface area contributed by atoms with Gasteiger partial charge in [0.05, 0.1) is 6.10 Å². The van der Waals surface area contributed by atoms with Crippen molar-refractivity contribution >= 4 is 11.6 Å². The average molecular weight is 334 g/mol. The molecule has 4 nitrogen and oxygen atoms in total. The van der Waals surface area contributed by atoms with Crippen LogP contribution in [0.1, 0.15) is 65.2 Å². The van der Waals surface area contributed by atoms with Crippen LogP contribution in [-0.2, 0) is 9.59 Å². The normalized spacial score (nSPS) is 54.7. The molecule has 4 aliphatic carbocycles. The number of hydrogen-bond acceptors (Lipinski definition) is 4. The summed E-state index contributed by atoms with van der Waals surface area (Å²) in [7, 11) is 0. The van der Waals surface area contributed by atoms with Gasteiger partial charge in [-0.05, 0) is 68.1 Å². The fourth-order valence-corrected chi connectivity index (χ4v) is 7.07. The van der Waals surface area contributed by atoms with E-state index in [1.807, 2.05) is 6.92 Å². The molecular formula is C20H30O4. The SMILES string of the molecule is CC12CC(=O)C3C(CCC4CC(O)CCC43C)C1CCC(O)C2=O.